The molecule has 0 heterocycles. The molecule has 0 unspecified atom stereocenters. The van der Waals surface area contributed by atoms with Crippen molar-refractivity contribution in [2.75, 3.05) is 5.32 Å². The standard InChI is InChI=1S/C21H19N3O3/c25-19(23-24-20(26)22-18-14-8-3-9-15-18)21(27,16-10-4-1-5-11-16)17-12-6-2-7-13-17/h1-15,27H,(H,23,25)(H2,22,24,26). The molecule has 0 aliphatic carbocycles. The minimum Gasteiger partial charge on any atom is -0.372 e. The fourth-order valence-corrected chi connectivity index (χ4v) is 2.68. The molecule has 6 nitrogen and oxygen atoms in total. The van der Waals surface area contributed by atoms with Crippen molar-refractivity contribution in [3.63, 3.8) is 0 Å². The number of hydrogen-bond acceptors (Lipinski definition) is 3. The van der Waals surface area contributed by atoms with Crippen LogP contribution in [-0.4, -0.2) is 17.0 Å². The zero-order valence-corrected chi connectivity index (χ0v) is 14.4. The summed E-state index contributed by atoms with van der Waals surface area (Å²) in [4.78, 5) is 24.8. The predicted molar refractivity (Wildman–Crippen MR) is 103 cm³/mol. The van der Waals surface area contributed by atoms with Crippen LogP contribution >= 0.6 is 0 Å². The van der Waals surface area contributed by atoms with Crippen LogP contribution in [0.25, 0.3) is 0 Å². The molecule has 0 aliphatic rings. The highest BCUT2D eigenvalue weighted by molar-refractivity contribution is 5.94. The van der Waals surface area contributed by atoms with Gasteiger partial charge < -0.3 is 10.4 Å². The van der Waals surface area contributed by atoms with E-state index in [4.69, 9.17) is 0 Å². The molecule has 0 saturated heterocycles. The number of urea groups is 1. The van der Waals surface area contributed by atoms with E-state index in [0.717, 1.165) is 0 Å². The number of aliphatic hydroxyl groups is 1. The molecule has 6 heteroatoms. The molecule has 3 aromatic rings. The molecule has 3 rings (SSSR count). The number of carbonyl (C=O) groups is 2. The van der Waals surface area contributed by atoms with Crippen molar-refractivity contribution in [1.29, 1.82) is 0 Å². The number of amides is 3. The highest BCUT2D eigenvalue weighted by Crippen LogP contribution is 2.29. The van der Waals surface area contributed by atoms with E-state index in [2.05, 4.69) is 16.2 Å². The molecule has 0 radical (unpaired) electrons. The molecule has 4 N–H and O–H groups in total. The topological polar surface area (TPSA) is 90.5 Å². The SMILES string of the molecule is O=C(NNC(=O)C(O)(c1ccccc1)c1ccccc1)Nc1ccccc1. The van der Waals surface area contributed by atoms with Crippen LogP contribution in [0.15, 0.2) is 91.0 Å². The summed E-state index contributed by atoms with van der Waals surface area (Å²) in [6.45, 7) is 0. The van der Waals surface area contributed by atoms with E-state index < -0.39 is 17.5 Å². The maximum absolute atomic E-state index is 12.8. The average molecular weight is 361 g/mol. The monoisotopic (exact) mass is 361 g/mol. The first kappa shape index (κ1) is 18.2. The van der Waals surface area contributed by atoms with E-state index in [9.17, 15) is 14.7 Å². The predicted octanol–water partition coefficient (Wildman–Crippen LogP) is 2.78. The van der Waals surface area contributed by atoms with Crippen LogP contribution in [0.5, 0.6) is 0 Å². The fraction of sp³-hybridized carbons (Fsp3) is 0.0476. The van der Waals surface area contributed by atoms with Crippen LogP contribution in [0.2, 0.25) is 0 Å². The molecule has 0 saturated carbocycles. The summed E-state index contributed by atoms with van der Waals surface area (Å²) in [5, 5.41) is 13.8. The second-order valence-electron chi connectivity index (χ2n) is 5.84. The lowest BCUT2D eigenvalue weighted by Gasteiger charge is -2.28. The van der Waals surface area contributed by atoms with Crippen molar-refractivity contribution >= 4 is 17.6 Å². The lowest BCUT2D eigenvalue weighted by atomic mass is 9.85. The van der Waals surface area contributed by atoms with E-state index in [1.165, 1.54) is 0 Å². The minimum atomic E-state index is -1.96. The Labute approximate surface area is 156 Å². The number of anilines is 1. The molecular formula is C21H19N3O3. The molecule has 136 valence electrons. The first-order valence-corrected chi connectivity index (χ1v) is 8.36. The van der Waals surface area contributed by atoms with Gasteiger partial charge in [0.25, 0.3) is 5.91 Å². The highest BCUT2D eigenvalue weighted by Gasteiger charge is 2.40. The third-order valence-corrected chi connectivity index (χ3v) is 4.03. The van der Waals surface area contributed by atoms with Gasteiger partial charge in [0, 0.05) is 5.69 Å². The Morgan fingerprint density at radius 1 is 0.667 bits per heavy atom. The number of nitrogens with one attached hydrogen (secondary N) is 3. The van der Waals surface area contributed by atoms with Gasteiger partial charge >= 0.3 is 6.03 Å². The molecule has 3 aromatic carbocycles. The summed E-state index contributed by atoms with van der Waals surface area (Å²) in [6, 6.07) is 25.3. The maximum atomic E-state index is 12.8. The Morgan fingerprint density at radius 2 is 1.11 bits per heavy atom. The Hall–Kier alpha value is -3.64. The van der Waals surface area contributed by atoms with E-state index in [1.807, 2.05) is 6.07 Å². The van der Waals surface area contributed by atoms with Crippen molar-refractivity contribution < 1.29 is 14.7 Å². The second kappa shape index (κ2) is 8.16. The van der Waals surface area contributed by atoms with Gasteiger partial charge in [0.15, 0.2) is 5.60 Å². The largest absolute Gasteiger partial charge is 0.372 e. The first-order chi connectivity index (χ1) is 13.1. The van der Waals surface area contributed by atoms with Crippen molar-refractivity contribution in [2.45, 2.75) is 5.60 Å². The summed E-state index contributed by atoms with van der Waals surface area (Å²) < 4.78 is 0. The number of para-hydroxylation sites is 1. The minimum absolute atomic E-state index is 0.388. The number of benzene rings is 3. The highest BCUT2D eigenvalue weighted by atomic mass is 16.3. The molecule has 0 bridgehead atoms. The molecule has 27 heavy (non-hydrogen) atoms. The van der Waals surface area contributed by atoms with E-state index in [1.54, 1.807) is 84.9 Å². The summed E-state index contributed by atoms with van der Waals surface area (Å²) >= 11 is 0. The van der Waals surface area contributed by atoms with Crippen LogP contribution in [0.4, 0.5) is 10.5 Å². The number of rotatable bonds is 4. The van der Waals surface area contributed by atoms with Gasteiger partial charge in [-0.2, -0.15) is 0 Å². The zero-order valence-electron chi connectivity index (χ0n) is 14.4. The molecule has 3 amide bonds. The lowest BCUT2D eigenvalue weighted by molar-refractivity contribution is -0.137. The molecule has 0 fully saturated rings. The van der Waals surface area contributed by atoms with Gasteiger partial charge in [-0.05, 0) is 23.3 Å². The van der Waals surface area contributed by atoms with Gasteiger partial charge in [0.05, 0.1) is 0 Å². The quantitative estimate of drug-likeness (QED) is 0.539. The Bertz CT molecular complexity index is 860. The maximum Gasteiger partial charge on any atom is 0.337 e. The van der Waals surface area contributed by atoms with Crippen LogP contribution in [-0.2, 0) is 10.4 Å². The lowest BCUT2D eigenvalue weighted by Crippen LogP contribution is -2.53. The number of hydrazine groups is 1. The number of carbonyl (C=O) groups excluding carboxylic acids is 2. The third kappa shape index (κ3) is 4.13. The van der Waals surface area contributed by atoms with E-state index >= 15 is 0 Å². The molecule has 0 atom stereocenters. The van der Waals surface area contributed by atoms with E-state index in [0.29, 0.717) is 16.8 Å². The zero-order chi connectivity index (χ0) is 19.1. The van der Waals surface area contributed by atoms with Crippen molar-refractivity contribution in [3.8, 4) is 0 Å². The van der Waals surface area contributed by atoms with Gasteiger partial charge in [-0.1, -0.05) is 78.9 Å². The third-order valence-electron chi connectivity index (χ3n) is 4.03. The molecule has 0 spiro atoms. The van der Waals surface area contributed by atoms with Crippen molar-refractivity contribution in [1.82, 2.24) is 10.9 Å². The molecule has 0 aliphatic heterocycles. The van der Waals surface area contributed by atoms with Crippen LogP contribution in [0, 0.1) is 0 Å². The van der Waals surface area contributed by atoms with Gasteiger partial charge in [0.2, 0.25) is 0 Å². The Balaban J connectivity index is 1.77. The van der Waals surface area contributed by atoms with Crippen molar-refractivity contribution in [2.24, 2.45) is 0 Å². The Morgan fingerprint density at radius 3 is 1.59 bits per heavy atom. The summed E-state index contributed by atoms with van der Waals surface area (Å²) in [5.41, 5.74) is 3.95. The molecular weight excluding hydrogens is 342 g/mol. The van der Waals surface area contributed by atoms with Gasteiger partial charge in [-0.15, -0.1) is 0 Å². The van der Waals surface area contributed by atoms with Crippen LogP contribution in [0.1, 0.15) is 11.1 Å². The van der Waals surface area contributed by atoms with Gasteiger partial charge in [0.1, 0.15) is 0 Å². The fourth-order valence-electron chi connectivity index (χ4n) is 2.68. The van der Waals surface area contributed by atoms with Gasteiger partial charge in [-0.3, -0.25) is 10.2 Å². The van der Waals surface area contributed by atoms with Crippen LogP contribution < -0.4 is 16.2 Å². The first-order valence-electron chi connectivity index (χ1n) is 8.36. The van der Waals surface area contributed by atoms with Crippen LogP contribution in [0.3, 0.4) is 0 Å². The van der Waals surface area contributed by atoms with Crippen molar-refractivity contribution in [3.05, 3.63) is 102 Å². The second-order valence-corrected chi connectivity index (χ2v) is 5.84. The number of hydrogen-bond donors (Lipinski definition) is 4. The summed E-state index contributed by atoms with van der Waals surface area (Å²) in [5.74, 6) is -0.775. The smallest absolute Gasteiger partial charge is 0.337 e. The van der Waals surface area contributed by atoms with E-state index in [-0.39, 0.29) is 0 Å². The summed E-state index contributed by atoms with van der Waals surface area (Å²) in [7, 11) is 0. The molecule has 0 aromatic heterocycles. The normalized spacial score (nSPS) is 10.7. The Kier molecular flexibility index (Phi) is 5.49. The van der Waals surface area contributed by atoms with Gasteiger partial charge in [-0.25, -0.2) is 10.2 Å². The summed E-state index contributed by atoms with van der Waals surface area (Å²) in [6.07, 6.45) is 0. The average Bonchev–Trinajstić information content (AvgIpc) is 2.73.